The maximum atomic E-state index is 12.3. The number of nitrogens with one attached hydrogen (secondary N) is 1. The van der Waals surface area contributed by atoms with Crippen LogP contribution in [0.4, 0.5) is 11.4 Å². The van der Waals surface area contributed by atoms with E-state index < -0.39 is 4.92 Å². The number of nitro benzene ring substituents is 1. The van der Waals surface area contributed by atoms with E-state index in [0.29, 0.717) is 28.0 Å². The van der Waals surface area contributed by atoms with Crippen molar-refractivity contribution >= 4 is 29.0 Å². The Bertz CT molecular complexity index is 1120. The molecule has 0 fully saturated rings. The van der Waals surface area contributed by atoms with Crippen LogP contribution in [0.5, 0.6) is 11.5 Å². The highest BCUT2D eigenvalue weighted by atomic mass is 32.2. The van der Waals surface area contributed by atoms with Gasteiger partial charge in [-0.05, 0) is 44.2 Å². The number of hydrogen-bond donors (Lipinski definition) is 1. The van der Waals surface area contributed by atoms with Crippen molar-refractivity contribution in [3.63, 3.8) is 0 Å². The summed E-state index contributed by atoms with van der Waals surface area (Å²) in [6, 6.07) is 11.8. The molecule has 32 heavy (non-hydrogen) atoms. The molecule has 0 aliphatic carbocycles. The second-order valence-corrected chi connectivity index (χ2v) is 7.87. The van der Waals surface area contributed by atoms with Crippen molar-refractivity contribution in [2.24, 2.45) is 7.05 Å². The monoisotopic (exact) mass is 457 g/mol. The van der Waals surface area contributed by atoms with Gasteiger partial charge in [0.15, 0.2) is 17.1 Å². The number of carbonyl (C=O) groups is 1. The molecule has 3 aromatic rings. The van der Waals surface area contributed by atoms with Gasteiger partial charge in [0.05, 0.1) is 17.8 Å². The summed E-state index contributed by atoms with van der Waals surface area (Å²) < 4.78 is 12.8. The lowest BCUT2D eigenvalue weighted by Crippen LogP contribution is -2.15. The number of carbonyl (C=O) groups excluding carboxylic acids is 1. The van der Waals surface area contributed by atoms with Crippen molar-refractivity contribution < 1.29 is 19.2 Å². The zero-order chi connectivity index (χ0) is 23.3. The summed E-state index contributed by atoms with van der Waals surface area (Å²) in [4.78, 5) is 22.9. The first kappa shape index (κ1) is 23.1. The Hall–Kier alpha value is -3.60. The van der Waals surface area contributed by atoms with E-state index in [0.717, 1.165) is 5.75 Å². The molecule has 3 rings (SSSR count). The molecule has 0 spiro atoms. The normalized spacial score (nSPS) is 11.6. The predicted octanol–water partition coefficient (Wildman–Crippen LogP) is 3.91. The van der Waals surface area contributed by atoms with E-state index in [2.05, 4.69) is 15.5 Å². The van der Waals surface area contributed by atoms with Crippen LogP contribution in [-0.2, 0) is 11.8 Å². The lowest BCUT2D eigenvalue weighted by atomic mass is 10.2. The maximum Gasteiger partial charge on any atom is 0.274 e. The lowest BCUT2D eigenvalue weighted by molar-refractivity contribution is -0.385. The molecular formula is C21H23N5O5S. The van der Waals surface area contributed by atoms with Crippen LogP contribution in [0.15, 0.2) is 47.6 Å². The van der Waals surface area contributed by atoms with Gasteiger partial charge in [0.2, 0.25) is 5.91 Å². The lowest BCUT2D eigenvalue weighted by Gasteiger charge is -2.14. The molecule has 0 aliphatic heterocycles. The van der Waals surface area contributed by atoms with Gasteiger partial charge in [-0.15, -0.1) is 10.2 Å². The van der Waals surface area contributed by atoms with Gasteiger partial charge in [-0.1, -0.05) is 17.8 Å². The van der Waals surface area contributed by atoms with Gasteiger partial charge in [0, 0.05) is 24.4 Å². The predicted molar refractivity (Wildman–Crippen MR) is 120 cm³/mol. The standard InChI is InChI=1S/C21H23N5O5S/c1-13-5-6-15(11-18(13)26(28)29)22-19(27)12-32-21-24-23-20(25(21)3)14(2)31-17-9-7-16(30-4)8-10-17/h5-11,14H,12H2,1-4H3,(H,22,27). The number of ether oxygens (including phenoxy) is 2. The van der Waals surface area contributed by atoms with Gasteiger partial charge in [-0.2, -0.15) is 0 Å². The highest BCUT2D eigenvalue weighted by Crippen LogP contribution is 2.26. The fourth-order valence-corrected chi connectivity index (χ4v) is 3.65. The van der Waals surface area contributed by atoms with Gasteiger partial charge in [0.25, 0.3) is 5.69 Å². The van der Waals surface area contributed by atoms with Crippen molar-refractivity contribution in [1.29, 1.82) is 0 Å². The van der Waals surface area contributed by atoms with Crippen molar-refractivity contribution in [3.8, 4) is 11.5 Å². The van der Waals surface area contributed by atoms with Crippen LogP contribution in [-0.4, -0.2) is 38.5 Å². The molecule has 1 N–H and O–H groups in total. The number of methoxy groups -OCH3 is 1. The number of hydrogen-bond acceptors (Lipinski definition) is 8. The van der Waals surface area contributed by atoms with E-state index in [1.54, 1.807) is 62.0 Å². The fourth-order valence-electron chi connectivity index (χ4n) is 2.93. The third kappa shape index (κ3) is 5.55. The van der Waals surface area contributed by atoms with Gasteiger partial charge in [-0.25, -0.2) is 0 Å². The summed E-state index contributed by atoms with van der Waals surface area (Å²) in [6.07, 6.45) is -0.364. The molecule has 1 atom stereocenters. The van der Waals surface area contributed by atoms with Crippen molar-refractivity contribution in [3.05, 3.63) is 64.0 Å². The summed E-state index contributed by atoms with van der Waals surface area (Å²) in [6.45, 7) is 3.50. The SMILES string of the molecule is COc1ccc(OC(C)c2nnc(SCC(=O)Nc3ccc(C)c([N+](=O)[O-])c3)n2C)cc1. The number of thioether (sulfide) groups is 1. The Balaban J connectivity index is 1.58. The molecule has 1 amide bonds. The average molecular weight is 458 g/mol. The number of aromatic nitrogens is 3. The van der Waals surface area contributed by atoms with Crippen LogP contribution in [0, 0.1) is 17.0 Å². The van der Waals surface area contributed by atoms with Crippen molar-refractivity contribution in [2.75, 3.05) is 18.2 Å². The smallest absolute Gasteiger partial charge is 0.274 e. The van der Waals surface area contributed by atoms with Crippen LogP contribution < -0.4 is 14.8 Å². The zero-order valence-corrected chi connectivity index (χ0v) is 18.9. The fraction of sp³-hybridized carbons (Fsp3) is 0.286. The molecular weight excluding hydrogens is 434 g/mol. The third-order valence-corrected chi connectivity index (χ3v) is 5.65. The molecule has 1 aromatic heterocycles. The summed E-state index contributed by atoms with van der Waals surface area (Å²) in [5.41, 5.74) is 0.854. The molecule has 2 aromatic carbocycles. The van der Waals surface area contributed by atoms with Crippen LogP contribution in [0.25, 0.3) is 0 Å². The van der Waals surface area contributed by atoms with E-state index in [4.69, 9.17) is 9.47 Å². The first-order chi connectivity index (χ1) is 15.3. The topological polar surface area (TPSA) is 121 Å². The van der Waals surface area contributed by atoms with E-state index in [9.17, 15) is 14.9 Å². The second kappa shape index (κ2) is 10.1. The van der Waals surface area contributed by atoms with Gasteiger partial charge >= 0.3 is 0 Å². The molecule has 0 bridgehead atoms. The summed E-state index contributed by atoms with van der Waals surface area (Å²) in [7, 11) is 3.40. The highest BCUT2D eigenvalue weighted by molar-refractivity contribution is 7.99. The first-order valence-corrected chi connectivity index (χ1v) is 10.6. The molecule has 0 aliphatic rings. The number of rotatable bonds is 9. The number of nitro groups is 1. The number of aryl methyl sites for hydroxylation is 1. The molecule has 11 heteroatoms. The minimum absolute atomic E-state index is 0.0424. The molecule has 168 valence electrons. The van der Waals surface area contributed by atoms with Crippen LogP contribution in [0.3, 0.4) is 0 Å². The van der Waals surface area contributed by atoms with Crippen molar-refractivity contribution in [1.82, 2.24) is 14.8 Å². The Morgan fingerprint density at radius 2 is 1.91 bits per heavy atom. The zero-order valence-electron chi connectivity index (χ0n) is 18.1. The Labute approximate surface area is 189 Å². The maximum absolute atomic E-state index is 12.3. The van der Waals surface area contributed by atoms with Crippen molar-refractivity contribution in [2.45, 2.75) is 25.1 Å². The molecule has 0 radical (unpaired) electrons. The number of nitrogens with zero attached hydrogens (tertiary/aromatic N) is 4. The minimum Gasteiger partial charge on any atom is -0.497 e. The van der Waals surface area contributed by atoms with E-state index in [1.165, 1.54) is 17.8 Å². The highest BCUT2D eigenvalue weighted by Gasteiger charge is 2.18. The van der Waals surface area contributed by atoms with Crippen LogP contribution >= 0.6 is 11.8 Å². The summed E-state index contributed by atoms with van der Waals surface area (Å²) >= 11 is 1.21. The largest absolute Gasteiger partial charge is 0.497 e. The van der Waals surface area contributed by atoms with E-state index in [-0.39, 0.29) is 23.5 Å². The third-order valence-electron chi connectivity index (χ3n) is 4.63. The average Bonchev–Trinajstić information content (AvgIpc) is 3.14. The first-order valence-electron chi connectivity index (χ1n) is 9.66. The number of amides is 1. The van der Waals surface area contributed by atoms with Gasteiger partial charge in [-0.3, -0.25) is 14.9 Å². The van der Waals surface area contributed by atoms with Gasteiger partial charge in [0.1, 0.15) is 11.5 Å². The summed E-state index contributed by atoms with van der Waals surface area (Å²) in [5, 5.41) is 22.6. The molecule has 0 saturated heterocycles. The quantitative estimate of drug-likeness (QED) is 0.292. The molecule has 1 unspecified atom stereocenters. The van der Waals surface area contributed by atoms with E-state index >= 15 is 0 Å². The summed E-state index contributed by atoms with van der Waals surface area (Å²) in [5.74, 6) is 1.78. The van der Waals surface area contributed by atoms with Gasteiger partial charge < -0.3 is 19.4 Å². The van der Waals surface area contributed by atoms with E-state index in [1.807, 2.05) is 6.92 Å². The molecule has 0 saturated carbocycles. The Morgan fingerprint density at radius 1 is 1.22 bits per heavy atom. The van der Waals surface area contributed by atoms with Crippen LogP contribution in [0.2, 0.25) is 0 Å². The second-order valence-electron chi connectivity index (χ2n) is 6.93. The molecule has 1 heterocycles. The Kier molecular flexibility index (Phi) is 7.31. The Morgan fingerprint density at radius 3 is 2.56 bits per heavy atom. The number of anilines is 1. The number of benzene rings is 2. The minimum atomic E-state index is -0.476. The molecule has 10 nitrogen and oxygen atoms in total. The van der Waals surface area contributed by atoms with Crippen LogP contribution in [0.1, 0.15) is 24.4 Å².